The van der Waals surface area contributed by atoms with Gasteiger partial charge in [0.1, 0.15) is 0 Å². The third kappa shape index (κ3) is 7.00. The maximum absolute atomic E-state index is 5.65. The number of hydrogen-bond acceptors (Lipinski definition) is 2. The summed E-state index contributed by atoms with van der Waals surface area (Å²) < 4.78 is 0. The minimum Gasteiger partial charge on any atom is -0.364 e. The summed E-state index contributed by atoms with van der Waals surface area (Å²) in [6, 6.07) is 19.9. The average molecular weight is 318 g/mol. The van der Waals surface area contributed by atoms with Crippen molar-refractivity contribution >= 4 is 30.5 Å². The Morgan fingerprint density at radius 1 is 0.875 bits per heavy atom. The normalized spacial score (nSPS) is 12.8. The second-order valence-corrected chi connectivity index (χ2v) is 4.73. The first-order valence-electron chi connectivity index (χ1n) is 7.49. The number of hydrazine groups is 1. The van der Waals surface area contributed by atoms with E-state index in [0.29, 0.717) is 0 Å². The van der Waals surface area contributed by atoms with Crippen LogP contribution in [-0.2, 0) is 0 Å². The van der Waals surface area contributed by atoms with Gasteiger partial charge in [-0.1, -0.05) is 66.7 Å². The van der Waals surface area contributed by atoms with Crippen LogP contribution < -0.4 is 16.3 Å². The van der Waals surface area contributed by atoms with E-state index < -0.39 is 0 Å². The Bertz CT molecular complexity index is 744. The lowest BCUT2D eigenvalue weighted by Crippen LogP contribution is -2.82. The van der Waals surface area contributed by atoms with Gasteiger partial charge >= 0.3 is 0 Å². The maximum Gasteiger partial charge on any atom is 0.269 e. The Kier molecular flexibility index (Phi) is 7.24. The number of guanidine groups is 1. The van der Waals surface area contributed by atoms with Crippen molar-refractivity contribution in [3.63, 3.8) is 0 Å². The fourth-order valence-corrected chi connectivity index (χ4v) is 1.76. The van der Waals surface area contributed by atoms with Gasteiger partial charge in [0.15, 0.2) is 6.21 Å². The number of rotatable bonds is 6. The molecule has 0 fully saturated rings. The van der Waals surface area contributed by atoms with Crippen LogP contribution in [0.2, 0.25) is 0 Å². The van der Waals surface area contributed by atoms with E-state index in [1.54, 1.807) is 18.5 Å². The van der Waals surface area contributed by atoms with Crippen molar-refractivity contribution in [3.05, 3.63) is 83.9 Å². The average Bonchev–Trinajstić information content (AvgIpc) is 2.63. The zero-order valence-electron chi connectivity index (χ0n) is 13.2. The Balaban J connectivity index is 1.73. The Morgan fingerprint density at radius 3 is 2.08 bits per heavy atom. The highest BCUT2D eigenvalue weighted by molar-refractivity contribution is 5.81. The summed E-state index contributed by atoms with van der Waals surface area (Å²) in [5.41, 5.74) is 10.6. The van der Waals surface area contributed by atoms with Gasteiger partial charge in [-0.05, 0) is 23.3 Å². The molecule has 0 heterocycles. The molecule has 0 saturated carbocycles. The highest BCUT2D eigenvalue weighted by atomic mass is 15.4. The van der Waals surface area contributed by atoms with Crippen LogP contribution in [0.1, 0.15) is 11.1 Å². The second kappa shape index (κ2) is 10.3. The summed E-state index contributed by atoms with van der Waals surface area (Å²) in [5.74, 6) is 0.170. The fraction of sp³-hybridized carbons (Fsp3) is 0. The number of nitrogens with two attached hydrogens (primary N) is 1. The largest absolute Gasteiger partial charge is 0.364 e. The van der Waals surface area contributed by atoms with E-state index in [2.05, 4.69) is 20.7 Å². The first-order chi connectivity index (χ1) is 11.8. The van der Waals surface area contributed by atoms with Crippen LogP contribution in [0.3, 0.4) is 0 Å². The van der Waals surface area contributed by atoms with Crippen molar-refractivity contribution in [3.8, 4) is 0 Å². The summed E-state index contributed by atoms with van der Waals surface area (Å²) in [5, 5.41) is 10.5. The zero-order valence-corrected chi connectivity index (χ0v) is 13.2. The molecule has 0 aliphatic rings. The lowest BCUT2D eigenvalue weighted by molar-refractivity contribution is -0.500. The Labute approximate surface area is 141 Å². The molecule has 0 aliphatic heterocycles. The van der Waals surface area contributed by atoms with Gasteiger partial charge in [0, 0.05) is 12.3 Å². The van der Waals surface area contributed by atoms with Gasteiger partial charge in [-0.25, -0.2) is 0 Å². The lowest BCUT2D eigenvalue weighted by atomic mass is 10.2. The molecule has 5 heteroatoms. The summed E-state index contributed by atoms with van der Waals surface area (Å²) in [4.78, 5) is 0. The molecule has 5 nitrogen and oxygen atoms in total. The van der Waals surface area contributed by atoms with Crippen molar-refractivity contribution in [2.45, 2.75) is 0 Å². The van der Waals surface area contributed by atoms with E-state index in [0.717, 1.165) is 11.1 Å². The first kappa shape index (κ1) is 16.9. The third-order valence-corrected chi connectivity index (χ3v) is 2.87. The summed E-state index contributed by atoms with van der Waals surface area (Å²) >= 11 is 0. The van der Waals surface area contributed by atoms with Gasteiger partial charge in [-0.2, -0.15) is 5.10 Å². The van der Waals surface area contributed by atoms with Crippen LogP contribution in [0.5, 0.6) is 0 Å². The van der Waals surface area contributed by atoms with E-state index in [1.807, 2.05) is 78.9 Å². The van der Waals surface area contributed by atoms with Gasteiger partial charge in [-0.15, -0.1) is 15.6 Å². The van der Waals surface area contributed by atoms with Crippen LogP contribution in [0.4, 0.5) is 0 Å². The van der Waals surface area contributed by atoms with Crippen LogP contribution in [0.15, 0.2) is 83.0 Å². The maximum atomic E-state index is 5.65. The minimum atomic E-state index is 0.170. The number of allylic oxidation sites excluding steroid dienone is 2. The van der Waals surface area contributed by atoms with Crippen molar-refractivity contribution in [1.82, 2.24) is 5.43 Å². The summed E-state index contributed by atoms with van der Waals surface area (Å²) in [6.45, 7) is 0. The van der Waals surface area contributed by atoms with Gasteiger partial charge < -0.3 is 5.73 Å². The van der Waals surface area contributed by atoms with Gasteiger partial charge in [0.25, 0.3) is 5.96 Å². The topological polar surface area (TPSA) is 76.7 Å². The molecule has 0 saturated heterocycles. The van der Waals surface area contributed by atoms with E-state index in [1.165, 1.54) is 0 Å². The quantitative estimate of drug-likeness (QED) is 0.427. The number of hydrazone groups is 1. The molecule has 0 aromatic heterocycles. The number of benzene rings is 2. The molecule has 0 atom stereocenters. The smallest absolute Gasteiger partial charge is 0.269 e. The summed E-state index contributed by atoms with van der Waals surface area (Å²) in [7, 11) is 0. The molecular weight excluding hydrogens is 298 g/mol. The predicted molar refractivity (Wildman–Crippen MR) is 101 cm³/mol. The molecule has 24 heavy (non-hydrogen) atoms. The molecule has 0 bridgehead atoms. The Morgan fingerprint density at radius 2 is 1.46 bits per heavy atom. The predicted octanol–water partition coefficient (Wildman–Crippen LogP) is 1.37. The van der Waals surface area contributed by atoms with Crippen LogP contribution in [-0.4, -0.2) is 18.4 Å². The zero-order chi connectivity index (χ0) is 16.9. The molecule has 2 rings (SSSR count). The molecule has 120 valence electrons. The van der Waals surface area contributed by atoms with Crippen molar-refractivity contribution < 1.29 is 5.10 Å². The van der Waals surface area contributed by atoms with E-state index in [-0.39, 0.29) is 5.96 Å². The highest BCUT2D eigenvalue weighted by Gasteiger charge is 1.88. The molecule has 2 aromatic rings. The van der Waals surface area contributed by atoms with Crippen LogP contribution >= 0.6 is 0 Å². The van der Waals surface area contributed by atoms with Crippen LogP contribution in [0, 0.1) is 0 Å². The monoisotopic (exact) mass is 318 g/mol. The molecule has 0 amide bonds. The third-order valence-electron chi connectivity index (χ3n) is 2.87. The number of nitrogens with one attached hydrogen (secondary N) is 2. The van der Waals surface area contributed by atoms with Crippen LogP contribution in [0.25, 0.3) is 12.2 Å². The van der Waals surface area contributed by atoms with Crippen molar-refractivity contribution in [2.75, 3.05) is 0 Å². The van der Waals surface area contributed by atoms with Gasteiger partial charge in [0.05, 0.1) is 0 Å². The SMILES string of the molecule is N\C(=N/N=C/C=C/c1ccccc1)N/[NH+]=C/C=C/c1ccccc1. The molecule has 2 aromatic carbocycles. The fourth-order valence-electron chi connectivity index (χ4n) is 1.76. The molecular formula is C19H20N5+. The lowest BCUT2D eigenvalue weighted by Gasteiger charge is -1.89. The minimum absolute atomic E-state index is 0.170. The standard InChI is InChI=1S/C19H19N5/c20-19(23-21-15-7-13-17-9-3-1-4-10-17)24-22-16-8-14-18-11-5-2-6-12-18/h1-16H,(H3,20,23,24)/p+1/b13-7+,14-8+,21-15+,22-16+. The van der Waals surface area contributed by atoms with Crippen molar-refractivity contribution in [2.24, 2.45) is 15.9 Å². The molecule has 0 unspecified atom stereocenters. The van der Waals surface area contributed by atoms with Gasteiger partial charge in [0.2, 0.25) is 0 Å². The second-order valence-electron chi connectivity index (χ2n) is 4.73. The molecule has 4 N–H and O–H groups in total. The summed E-state index contributed by atoms with van der Waals surface area (Å²) in [6.07, 6.45) is 10.8. The first-order valence-corrected chi connectivity index (χ1v) is 7.49. The number of hydrogen-bond donors (Lipinski definition) is 3. The van der Waals surface area contributed by atoms with E-state index in [9.17, 15) is 0 Å². The van der Waals surface area contributed by atoms with Gasteiger partial charge in [-0.3, -0.25) is 0 Å². The van der Waals surface area contributed by atoms with Crippen molar-refractivity contribution in [1.29, 1.82) is 0 Å². The van der Waals surface area contributed by atoms with E-state index >= 15 is 0 Å². The highest BCUT2D eigenvalue weighted by Crippen LogP contribution is 2.00. The van der Waals surface area contributed by atoms with E-state index in [4.69, 9.17) is 5.73 Å². The Hall–Kier alpha value is -3.47. The molecule has 0 spiro atoms. The molecule has 0 radical (unpaired) electrons. The molecule has 0 aliphatic carbocycles. The number of nitrogens with zero attached hydrogens (tertiary/aromatic N) is 2.